The first kappa shape index (κ1) is 19.8. The van der Waals surface area contributed by atoms with E-state index in [1.54, 1.807) is 19.2 Å². The van der Waals surface area contributed by atoms with Gasteiger partial charge in [0.2, 0.25) is 0 Å². The maximum atomic E-state index is 14.5. The van der Waals surface area contributed by atoms with E-state index in [0.717, 1.165) is 27.8 Å². The van der Waals surface area contributed by atoms with Gasteiger partial charge in [0.05, 0.1) is 7.11 Å². The fourth-order valence-electron chi connectivity index (χ4n) is 4.15. The third-order valence-corrected chi connectivity index (χ3v) is 5.90. The second-order valence-electron chi connectivity index (χ2n) is 7.83. The van der Waals surface area contributed by atoms with E-state index in [0.29, 0.717) is 32.5 Å². The molecule has 4 rings (SSSR count). The summed E-state index contributed by atoms with van der Waals surface area (Å²) in [5.74, 6) is -2.89. The molecule has 2 aromatic carbocycles. The molecule has 0 spiro atoms. The van der Waals surface area contributed by atoms with Crippen LogP contribution in [0.15, 0.2) is 48.7 Å². The van der Waals surface area contributed by atoms with Crippen LogP contribution in [-0.4, -0.2) is 36.0 Å². The smallest absolute Gasteiger partial charge is 0.253 e. The summed E-state index contributed by atoms with van der Waals surface area (Å²) in [5, 5.41) is 1.09. The number of H-pyrrole nitrogens is 1. The van der Waals surface area contributed by atoms with Crippen LogP contribution in [0.25, 0.3) is 10.9 Å². The maximum Gasteiger partial charge on any atom is 0.253 e. The van der Waals surface area contributed by atoms with Crippen molar-refractivity contribution in [1.29, 1.82) is 0 Å². The van der Waals surface area contributed by atoms with Crippen molar-refractivity contribution < 1.29 is 17.9 Å². The number of benzene rings is 2. The Morgan fingerprint density at radius 2 is 1.97 bits per heavy atom. The van der Waals surface area contributed by atoms with E-state index in [1.807, 2.05) is 24.4 Å². The number of piperidine rings is 1. The molecule has 1 fully saturated rings. The summed E-state index contributed by atoms with van der Waals surface area (Å²) in [4.78, 5) is 5.36. The van der Waals surface area contributed by atoms with Crippen molar-refractivity contribution in [2.45, 2.75) is 31.7 Å². The Labute approximate surface area is 168 Å². The van der Waals surface area contributed by atoms with Gasteiger partial charge in [-0.2, -0.15) is 0 Å². The van der Waals surface area contributed by atoms with Gasteiger partial charge in [-0.15, -0.1) is 0 Å². The molecule has 1 aliphatic heterocycles. The molecule has 3 aromatic rings. The fraction of sp³-hybridized carbons (Fsp3) is 0.391. The zero-order valence-corrected chi connectivity index (χ0v) is 16.4. The summed E-state index contributed by atoms with van der Waals surface area (Å²) < 4.78 is 47.3. The minimum absolute atomic E-state index is 0.128. The van der Waals surface area contributed by atoms with E-state index >= 15 is 0 Å². The first-order valence-corrected chi connectivity index (χ1v) is 9.93. The van der Waals surface area contributed by atoms with Gasteiger partial charge in [-0.3, -0.25) is 4.90 Å². The number of aryl methyl sites for hydroxylation is 1. The van der Waals surface area contributed by atoms with Crippen molar-refractivity contribution in [1.82, 2.24) is 9.88 Å². The standard InChI is InChI=1S/C23H25F3N2O/c1-29-20-8-9-21-17(13-27-22(21)12-20)14-28-11-10-23(25,26)18(15-28)5-2-16-3-6-19(24)7-4-16/h3-4,6-9,12-13,18,27H,2,5,10-11,14-15H2,1H3. The molecule has 1 aromatic heterocycles. The van der Waals surface area contributed by atoms with Crippen molar-refractivity contribution in [2.24, 2.45) is 5.92 Å². The van der Waals surface area contributed by atoms with Crippen LogP contribution >= 0.6 is 0 Å². The monoisotopic (exact) mass is 402 g/mol. The van der Waals surface area contributed by atoms with Crippen LogP contribution in [0.2, 0.25) is 0 Å². The van der Waals surface area contributed by atoms with E-state index in [9.17, 15) is 13.2 Å². The summed E-state index contributed by atoms with van der Waals surface area (Å²) in [6.07, 6.45) is 2.74. The van der Waals surface area contributed by atoms with E-state index in [4.69, 9.17) is 4.74 Å². The molecule has 0 radical (unpaired) electrons. The van der Waals surface area contributed by atoms with Crippen LogP contribution in [0.1, 0.15) is 24.0 Å². The molecule has 0 bridgehead atoms. The van der Waals surface area contributed by atoms with Gasteiger partial charge in [0, 0.05) is 55.1 Å². The minimum Gasteiger partial charge on any atom is -0.497 e. The number of halogens is 3. The Morgan fingerprint density at radius 1 is 1.17 bits per heavy atom. The first-order valence-electron chi connectivity index (χ1n) is 9.93. The predicted octanol–water partition coefficient (Wildman–Crippen LogP) is 5.41. The molecule has 1 aliphatic rings. The van der Waals surface area contributed by atoms with E-state index in [1.165, 1.54) is 12.1 Å². The van der Waals surface area contributed by atoms with Crippen LogP contribution in [-0.2, 0) is 13.0 Å². The van der Waals surface area contributed by atoms with Crippen LogP contribution in [0.5, 0.6) is 5.75 Å². The van der Waals surface area contributed by atoms with Crippen LogP contribution in [0.3, 0.4) is 0 Å². The fourth-order valence-corrected chi connectivity index (χ4v) is 4.15. The third-order valence-electron chi connectivity index (χ3n) is 5.90. The lowest BCUT2D eigenvalue weighted by molar-refractivity contribution is -0.109. The predicted molar refractivity (Wildman–Crippen MR) is 108 cm³/mol. The molecule has 0 saturated carbocycles. The number of alkyl halides is 2. The average Bonchev–Trinajstić information content (AvgIpc) is 3.11. The third kappa shape index (κ3) is 4.42. The summed E-state index contributed by atoms with van der Waals surface area (Å²) in [6.45, 7) is 1.37. The molecule has 6 heteroatoms. The first-order chi connectivity index (χ1) is 13.9. The Kier molecular flexibility index (Phi) is 5.54. The molecule has 0 aliphatic carbocycles. The lowest BCUT2D eigenvalue weighted by Crippen LogP contribution is -2.46. The number of ether oxygens (including phenoxy) is 1. The molecule has 0 amide bonds. The molecular weight excluding hydrogens is 377 g/mol. The minimum atomic E-state index is -2.66. The number of hydrogen-bond acceptors (Lipinski definition) is 2. The SMILES string of the molecule is COc1ccc2c(CN3CCC(F)(F)C(CCc4ccc(F)cc4)C3)c[nH]c2c1. The number of fused-ring (bicyclic) bond motifs is 1. The molecule has 3 nitrogen and oxygen atoms in total. The number of likely N-dealkylation sites (tertiary alicyclic amines) is 1. The number of rotatable bonds is 6. The Balaban J connectivity index is 1.43. The summed E-state index contributed by atoms with van der Waals surface area (Å²) >= 11 is 0. The quantitative estimate of drug-likeness (QED) is 0.598. The van der Waals surface area contributed by atoms with Crippen molar-refractivity contribution in [3.05, 3.63) is 65.6 Å². The number of aromatic amines is 1. The summed E-state index contributed by atoms with van der Waals surface area (Å²) in [7, 11) is 1.63. The van der Waals surface area contributed by atoms with E-state index in [-0.39, 0.29) is 12.2 Å². The highest BCUT2D eigenvalue weighted by Gasteiger charge is 2.43. The summed E-state index contributed by atoms with van der Waals surface area (Å²) in [6, 6.07) is 12.0. The number of nitrogens with one attached hydrogen (secondary N) is 1. The van der Waals surface area contributed by atoms with E-state index in [2.05, 4.69) is 9.88 Å². The lowest BCUT2D eigenvalue weighted by atomic mass is 9.88. The van der Waals surface area contributed by atoms with Gasteiger partial charge in [0.25, 0.3) is 5.92 Å². The molecule has 2 heterocycles. The van der Waals surface area contributed by atoms with Crippen LogP contribution in [0, 0.1) is 11.7 Å². The molecule has 1 saturated heterocycles. The summed E-state index contributed by atoms with van der Waals surface area (Å²) in [5.41, 5.74) is 2.98. The van der Waals surface area contributed by atoms with Gasteiger partial charge in [-0.25, -0.2) is 13.2 Å². The van der Waals surface area contributed by atoms with Crippen LogP contribution in [0.4, 0.5) is 13.2 Å². The highest BCUT2D eigenvalue weighted by molar-refractivity contribution is 5.84. The van der Waals surface area contributed by atoms with Crippen molar-refractivity contribution >= 4 is 10.9 Å². The second-order valence-corrected chi connectivity index (χ2v) is 7.83. The Hall–Kier alpha value is -2.47. The topological polar surface area (TPSA) is 28.3 Å². The van der Waals surface area contributed by atoms with E-state index < -0.39 is 11.8 Å². The van der Waals surface area contributed by atoms with Crippen molar-refractivity contribution in [3.63, 3.8) is 0 Å². The number of nitrogens with zero attached hydrogens (tertiary/aromatic N) is 1. The number of hydrogen-bond donors (Lipinski definition) is 1. The lowest BCUT2D eigenvalue weighted by Gasteiger charge is -2.38. The molecule has 154 valence electrons. The highest BCUT2D eigenvalue weighted by Crippen LogP contribution is 2.37. The zero-order valence-electron chi connectivity index (χ0n) is 16.4. The van der Waals surface area contributed by atoms with Crippen molar-refractivity contribution in [2.75, 3.05) is 20.2 Å². The molecular formula is C23H25F3N2O. The molecule has 29 heavy (non-hydrogen) atoms. The Morgan fingerprint density at radius 3 is 2.72 bits per heavy atom. The molecule has 1 N–H and O–H groups in total. The molecule has 1 unspecified atom stereocenters. The zero-order chi connectivity index (χ0) is 20.4. The average molecular weight is 402 g/mol. The van der Waals surface area contributed by atoms with Gasteiger partial charge in [-0.1, -0.05) is 12.1 Å². The molecule has 1 atom stereocenters. The largest absolute Gasteiger partial charge is 0.497 e. The van der Waals surface area contributed by atoms with Gasteiger partial charge in [0.15, 0.2) is 0 Å². The van der Waals surface area contributed by atoms with Gasteiger partial charge >= 0.3 is 0 Å². The Bertz CT molecular complexity index is 968. The highest BCUT2D eigenvalue weighted by atomic mass is 19.3. The van der Waals surface area contributed by atoms with Gasteiger partial charge < -0.3 is 9.72 Å². The number of aromatic nitrogens is 1. The maximum absolute atomic E-state index is 14.5. The van der Waals surface area contributed by atoms with Crippen molar-refractivity contribution in [3.8, 4) is 5.75 Å². The number of methoxy groups -OCH3 is 1. The van der Waals surface area contributed by atoms with Gasteiger partial charge in [0.1, 0.15) is 11.6 Å². The van der Waals surface area contributed by atoms with Gasteiger partial charge in [-0.05, 0) is 48.2 Å². The normalized spacial score (nSPS) is 19.5. The second kappa shape index (κ2) is 8.11. The van der Waals surface area contributed by atoms with Crippen LogP contribution < -0.4 is 4.74 Å².